The number of amides is 2. The van der Waals surface area contributed by atoms with Gasteiger partial charge in [0.05, 0.1) is 6.54 Å². The van der Waals surface area contributed by atoms with E-state index in [-0.39, 0.29) is 24.4 Å². The lowest BCUT2D eigenvalue weighted by Gasteiger charge is -2.19. The van der Waals surface area contributed by atoms with Crippen LogP contribution in [0.5, 0.6) is 0 Å². The smallest absolute Gasteiger partial charge is 0.254 e. The van der Waals surface area contributed by atoms with E-state index < -0.39 is 0 Å². The summed E-state index contributed by atoms with van der Waals surface area (Å²) in [6.45, 7) is 5.63. The fraction of sp³-hybridized carbons (Fsp3) is 0.429. The van der Waals surface area contributed by atoms with Crippen LogP contribution in [-0.2, 0) is 4.79 Å². The Morgan fingerprint density at radius 2 is 2.00 bits per heavy atom. The van der Waals surface area contributed by atoms with Crippen molar-refractivity contribution in [3.8, 4) is 0 Å². The molecule has 0 saturated heterocycles. The third-order valence-electron chi connectivity index (χ3n) is 2.66. The molecule has 0 aliphatic heterocycles. The van der Waals surface area contributed by atoms with E-state index in [1.54, 1.807) is 25.2 Å². The maximum absolute atomic E-state index is 12.2. The van der Waals surface area contributed by atoms with Crippen molar-refractivity contribution in [3.63, 3.8) is 0 Å². The second-order valence-corrected chi connectivity index (χ2v) is 4.96. The molecule has 5 nitrogen and oxygen atoms in total. The van der Waals surface area contributed by atoms with Gasteiger partial charge in [0.15, 0.2) is 0 Å². The van der Waals surface area contributed by atoms with Crippen LogP contribution in [0, 0.1) is 6.92 Å². The fourth-order valence-corrected chi connectivity index (χ4v) is 1.79. The maximum Gasteiger partial charge on any atom is 0.254 e. The van der Waals surface area contributed by atoms with Crippen molar-refractivity contribution in [2.24, 2.45) is 0 Å². The number of anilines is 1. The minimum absolute atomic E-state index is 0.0425. The van der Waals surface area contributed by atoms with Crippen molar-refractivity contribution in [3.05, 3.63) is 29.3 Å². The highest BCUT2D eigenvalue weighted by atomic mass is 16.2. The number of nitrogen functional groups attached to an aromatic ring is 1. The van der Waals surface area contributed by atoms with Crippen LogP contribution in [0.25, 0.3) is 0 Å². The summed E-state index contributed by atoms with van der Waals surface area (Å²) in [5.74, 6) is -0.352. The van der Waals surface area contributed by atoms with Gasteiger partial charge in [-0.2, -0.15) is 0 Å². The molecule has 1 rings (SSSR count). The zero-order valence-corrected chi connectivity index (χ0v) is 11.9. The first kappa shape index (κ1) is 15.0. The Bertz CT molecular complexity index is 484. The molecule has 0 aromatic heterocycles. The summed E-state index contributed by atoms with van der Waals surface area (Å²) in [6.07, 6.45) is 0. The molecule has 0 fully saturated rings. The summed E-state index contributed by atoms with van der Waals surface area (Å²) in [5.41, 5.74) is 7.64. The van der Waals surface area contributed by atoms with Gasteiger partial charge in [0.25, 0.3) is 5.91 Å². The molecule has 2 amide bonds. The van der Waals surface area contributed by atoms with Crippen LogP contribution in [0.3, 0.4) is 0 Å². The molecule has 0 spiro atoms. The Balaban J connectivity index is 2.74. The van der Waals surface area contributed by atoms with Gasteiger partial charge in [-0.15, -0.1) is 0 Å². The summed E-state index contributed by atoms with van der Waals surface area (Å²) >= 11 is 0. The van der Waals surface area contributed by atoms with Gasteiger partial charge in [-0.25, -0.2) is 0 Å². The molecular formula is C14H21N3O2. The number of carbonyl (C=O) groups excluding carboxylic acids is 2. The normalized spacial score (nSPS) is 10.4. The average Bonchev–Trinajstić information content (AvgIpc) is 2.26. The van der Waals surface area contributed by atoms with Crippen LogP contribution in [0.4, 0.5) is 5.69 Å². The molecule has 19 heavy (non-hydrogen) atoms. The van der Waals surface area contributed by atoms with Gasteiger partial charge in [0.2, 0.25) is 5.91 Å². The van der Waals surface area contributed by atoms with E-state index in [4.69, 9.17) is 5.73 Å². The standard InChI is InChI=1S/C14H21N3O2/c1-9(2)16-13(18)8-17(4)14(19)12-6-5-11(15)7-10(12)3/h5-7,9H,8,15H2,1-4H3,(H,16,18). The molecule has 0 aliphatic rings. The summed E-state index contributed by atoms with van der Waals surface area (Å²) in [6, 6.07) is 5.18. The van der Waals surface area contributed by atoms with E-state index in [0.717, 1.165) is 5.56 Å². The lowest BCUT2D eigenvalue weighted by molar-refractivity contribution is -0.122. The van der Waals surface area contributed by atoms with Crippen LogP contribution >= 0.6 is 0 Å². The molecule has 0 atom stereocenters. The number of aryl methyl sites for hydroxylation is 1. The molecule has 1 aromatic carbocycles. The predicted molar refractivity (Wildman–Crippen MR) is 75.8 cm³/mol. The Morgan fingerprint density at radius 3 is 2.53 bits per heavy atom. The molecule has 0 radical (unpaired) electrons. The quantitative estimate of drug-likeness (QED) is 0.801. The number of hydrogen-bond acceptors (Lipinski definition) is 3. The first-order chi connectivity index (χ1) is 8.81. The van der Waals surface area contributed by atoms with Crippen LogP contribution in [-0.4, -0.2) is 36.3 Å². The second kappa shape index (κ2) is 6.22. The highest BCUT2D eigenvalue weighted by Gasteiger charge is 2.17. The first-order valence-corrected chi connectivity index (χ1v) is 6.22. The molecule has 3 N–H and O–H groups in total. The van der Waals surface area contributed by atoms with Gasteiger partial charge >= 0.3 is 0 Å². The Hall–Kier alpha value is -2.04. The minimum Gasteiger partial charge on any atom is -0.399 e. The minimum atomic E-state index is -0.184. The van der Waals surface area contributed by atoms with Gasteiger partial charge in [0.1, 0.15) is 0 Å². The number of nitrogens with one attached hydrogen (secondary N) is 1. The fourth-order valence-electron chi connectivity index (χ4n) is 1.79. The first-order valence-electron chi connectivity index (χ1n) is 6.22. The van der Waals surface area contributed by atoms with Gasteiger partial charge in [-0.05, 0) is 44.5 Å². The lowest BCUT2D eigenvalue weighted by Crippen LogP contribution is -2.41. The molecule has 104 valence electrons. The van der Waals surface area contributed by atoms with Crippen molar-refractivity contribution in [2.75, 3.05) is 19.3 Å². The van der Waals surface area contributed by atoms with Crippen molar-refractivity contribution >= 4 is 17.5 Å². The Kier molecular flexibility index (Phi) is 4.92. The summed E-state index contributed by atoms with van der Waals surface area (Å²) in [7, 11) is 1.61. The van der Waals surface area contributed by atoms with E-state index in [2.05, 4.69) is 5.32 Å². The van der Waals surface area contributed by atoms with E-state index in [1.165, 1.54) is 4.90 Å². The second-order valence-electron chi connectivity index (χ2n) is 4.96. The van der Waals surface area contributed by atoms with E-state index in [0.29, 0.717) is 11.3 Å². The van der Waals surface area contributed by atoms with Gasteiger partial charge in [0, 0.05) is 24.3 Å². The Morgan fingerprint density at radius 1 is 1.37 bits per heavy atom. The van der Waals surface area contributed by atoms with E-state index in [9.17, 15) is 9.59 Å². The summed E-state index contributed by atoms with van der Waals surface area (Å²) < 4.78 is 0. The third kappa shape index (κ3) is 4.28. The largest absolute Gasteiger partial charge is 0.399 e. The highest BCUT2D eigenvalue weighted by Crippen LogP contribution is 2.14. The zero-order chi connectivity index (χ0) is 14.6. The molecule has 0 saturated carbocycles. The van der Waals surface area contributed by atoms with Crippen molar-refractivity contribution in [1.29, 1.82) is 0 Å². The topological polar surface area (TPSA) is 75.4 Å². The lowest BCUT2D eigenvalue weighted by atomic mass is 10.1. The monoisotopic (exact) mass is 263 g/mol. The number of nitrogens with two attached hydrogens (primary N) is 1. The molecule has 0 unspecified atom stereocenters. The number of nitrogens with zero attached hydrogens (tertiary/aromatic N) is 1. The molecule has 0 aliphatic carbocycles. The van der Waals surface area contributed by atoms with Crippen LogP contribution < -0.4 is 11.1 Å². The number of hydrogen-bond donors (Lipinski definition) is 2. The van der Waals surface area contributed by atoms with Crippen LogP contribution in [0.1, 0.15) is 29.8 Å². The van der Waals surface area contributed by atoms with Crippen molar-refractivity contribution in [2.45, 2.75) is 26.8 Å². The van der Waals surface area contributed by atoms with Crippen molar-refractivity contribution < 1.29 is 9.59 Å². The van der Waals surface area contributed by atoms with Gasteiger partial charge in [-0.3, -0.25) is 9.59 Å². The van der Waals surface area contributed by atoms with Gasteiger partial charge < -0.3 is 16.0 Å². The van der Waals surface area contributed by atoms with E-state index >= 15 is 0 Å². The van der Waals surface area contributed by atoms with Gasteiger partial charge in [-0.1, -0.05) is 0 Å². The SMILES string of the molecule is Cc1cc(N)ccc1C(=O)N(C)CC(=O)NC(C)C. The number of likely N-dealkylation sites (N-methyl/N-ethyl adjacent to an activating group) is 1. The van der Waals surface area contributed by atoms with E-state index in [1.807, 2.05) is 20.8 Å². The number of benzene rings is 1. The summed E-state index contributed by atoms with van der Waals surface area (Å²) in [4.78, 5) is 25.2. The maximum atomic E-state index is 12.2. The molecule has 0 bridgehead atoms. The number of rotatable bonds is 4. The molecular weight excluding hydrogens is 242 g/mol. The number of carbonyl (C=O) groups is 2. The average molecular weight is 263 g/mol. The zero-order valence-electron chi connectivity index (χ0n) is 11.9. The highest BCUT2D eigenvalue weighted by molar-refractivity contribution is 5.97. The third-order valence-corrected chi connectivity index (χ3v) is 2.66. The molecule has 0 heterocycles. The Labute approximate surface area is 113 Å². The summed E-state index contributed by atoms with van der Waals surface area (Å²) in [5, 5.41) is 2.75. The predicted octanol–water partition coefficient (Wildman–Crippen LogP) is 1.17. The van der Waals surface area contributed by atoms with Crippen LogP contribution in [0.2, 0.25) is 0 Å². The van der Waals surface area contributed by atoms with Crippen molar-refractivity contribution in [1.82, 2.24) is 10.2 Å². The molecule has 1 aromatic rings. The van der Waals surface area contributed by atoms with Crippen LogP contribution in [0.15, 0.2) is 18.2 Å². The molecule has 5 heteroatoms.